The molecule has 1 aromatic rings. The lowest BCUT2D eigenvalue weighted by Crippen LogP contribution is -2.43. The predicted octanol–water partition coefficient (Wildman–Crippen LogP) is 0.580. The topological polar surface area (TPSA) is 117 Å². The lowest BCUT2D eigenvalue weighted by atomic mass is 10.00. The standard InChI is InChI=1S/C15H16N4O3/c1-9(20)17-15(2)7-3-4-10-5-6-12(18-19-14(16)22)13(21)11(10)8-15/h3-8,21H,1-2H3,(H2,16,22)(H,17,20). The van der Waals surface area contributed by atoms with Crippen molar-refractivity contribution in [2.24, 2.45) is 16.0 Å². The summed E-state index contributed by atoms with van der Waals surface area (Å²) in [6, 6.07) is 2.31. The summed E-state index contributed by atoms with van der Waals surface area (Å²) >= 11 is 0. The number of aromatic hydroxyl groups is 1. The molecule has 4 N–H and O–H groups in total. The van der Waals surface area contributed by atoms with Gasteiger partial charge in [-0.15, -0.1) is 5.11 Å². The van der Waals surface area contributed by atoms with E-state index in [1.165, 1.54) is 13.0 Å². The number of hydrogen-bond acceptors (Lipinski definition) is 4. The summed E-state index contributed by atoms with van der Waals surface area (Å²) in [5.74, 6) is -0.338. The molecule has 0 radical (unpaired) electrons. The first-order valence-corrected chi connectivity index (χ1v) is 6.55. The fraction of sp³-hybridized carbons (Fsp3) is 0.200. The first-order valence-electron chi connectivity index (χ1n) is 6.55. The summed E-state index contributed by atoms with van der Waals surface area (Å²) in [4.78, 5) is 22.0. The zero-order chi connectivity index (χ0) is 16.3. The van der Waals surface area contributed by atoms with E-state index in [0.29, 0.717) is 5.22 Å². The lowest BCUT2D eigenvalue weighted by Gasteiger charge is -2.22. The molecule has 0 saturated heterocycles. The van der Waals surface area contributed by atoms with Crippen LogP contribution in [0.3, 0.4) is 0 Å². The molecule has 7 nitrogen and oxygen atoms in total. The van der Waals surface area contributed by atoms with E-state index in [-0.39, 0.29) is 17.3 Å². The van der Waals surface area contributed by atoms with Crippen LogP contribution in [0.5, 0.6) is 5.75 Å². The Morgan fingerprint density at radius 2 is 2.09 bits per heavy atom. The van der Waals surface area contributed by atoms with Crippen LogP contribution in [0, 0.1) is 0 Å². The first-order chi connectivity index (χ1) is 10.3. The van der Waals surface area contributed by atoms with Crippen LogP contribution in [0.15, 0.2) is 34.5 Å². The van der Waals surface area contributed by atoms with Gasteiger partial charge in [0.2, 0.25) is 5.91 Å². The second-order valence-electron chi connectivity index (χ2n) is 5.11. The van der Waals surface area contributed by atoms with Crippen molar-refractivity contribution in [2.45, 2.75) is 19.4 Å². The second kappa shape index (κ2) is 5.80. The first kappa shape index (κ1) is 15.4. The lowest BCUT2D eigenvalue weighted by molar-refractivity contribution is -0.119. The van der Waals surface area contributed by atoms with Gasteiger partial charge >= 0.3 is 6.03 Å². The highest BCUT2D eigenvalue weighted by atomic mass is 16.3. The van der Waals surface area contributed by atoms with Crippen molar-refractivity contribution in [3.8, 4) is 5.75 Å². The molecule has 0 saturated carbocycles. The number of nitrogens with zero attached hydrogens (tertiary/aromatic N) is 2. The number of carbonyl (C=O) groups is 2. The molecule has 1 aromatic carbocycles. The average Bonchev–Trinajstić information content (AvgIpc) is 2.56. The quantitative estimate of drug-likeness (QED) is 0.693. The van der Waals surface area contributed by atoms with Crippen molar-refractivity contribution in [3.63, 3.8) is 0 Å². The van der Waals surface area contributed by atoms with Gasteiger partial charge in [-0.1, -0.05) is 29.4 Å². The molecule has 22 heavy (non-hydrogen) atoms. The van der Waals surface area contributed by atoms with Gasteiger partial charge in [-0.25, -0.2) is 4.79 Å². The predicted molar refractivity (Wildman–Crippen MR) is 81.7 cm³/mol. The zero-order valence-corrected chi connectivity index (χ0v) is 12.2. The van der Waals surface area contributed by atoms with Crippen molar-refractivity contribution in [3.05, 3.63) is 34.7 Å². The Kier molecular flexibility index (Phi) is 4.07. The molecule has 7 heteroatoms. The minimum Gasteiger partial charge on any atom is -0.505 e. The van der Waals surface area contributed by atoms with Crippen LogP contribution in [-0.2, 0) is 4.79 Å². The summed E-state index contributed by atoms with van der Waals surface area (Å²) < 4.78 is 0. The number of fused-ring (bicyclic) bond motifs is 1. The zero-order valence-electron chi connectivity index (χ0n) is 12.2. The molecule has 0 aliphatic heterocycles. The van der Waals surface area contributed by atoms with E-state index in [9.17, 15) is 14.7 Å². The summed E-state index contributed by atoms with van der Waals surface area (Å²) in [7, 11) is 0. The van der Waals surface area contributed by atoms with Gasteiger partial charge in [0.15, 0.2) is 5.75 Å². The maximum atomic E-state index is 11.3. The van der Waals surface area contributed by atoms with E-state index in [1.54, 1.807) is 37.3 Å². The van der Waals surface area contributed by atoms with Gasteiger partial charge in [-0.2, -0.15) is 0 Å². The molecule has 1 aliphatic carbocycles. The third-order valence-corrected chi connectivity index (χ3v) is 3.09. The molecular formula is C15H16N4O3. The van der Waals surface area contributed by atoms with Gasteiger partial charge in [-0.05, 0) is 24.3 Å². The van der Waals surface area contributed by atoms with Crippen LogP contribution in [0.25, 0.3) is 12.2 Å². The summed E-state index contributed by atoms with van der Waals surface area (Å²) in [6.07, 6.45) is 7.11. The molecule has 0 aromatic heterocycles. The Hall–Kier alpha value is -2.96. The molecule has 0 fully saturated rings. The minimum atomic E-state index is -0.949. The van der Waals surface area contributed by atoms with Crippen molar-refractivity contribution >= 4 is 29.8 Å². The van der Waals surface area contributed by atoms with Crippen molar-refractivity contribution in [1.29, 1.82) is 0 Å². The van der Waals surface area contributed by atoms with E-state index >= 15 is 0 Å². The maximum absolute atomic E-state index is 11.3. The summed E-state index contributed by atoms with van der Waals surface area (Å²) in [6.45, 7) is 3.21. The molecule has 0 heterocycles. The van der Waals surface area contributed by atoms with Gasteiger partial charge in [0.25, 0.3) is 0 Å². The number of phenols is 1. The van der Waals surface area contributed by atoms with Crippen LogP contribution < -0.4 is 21.5 Å². The van der Waals surface area contributed by atoms with E-state index < -0.39 is 11.6 Å². The van der Waals surface area contributed by atoms with Crippen LogP contribution in [0.4, 0.5) is 10.5 Å². The fourth-order valence-corrected chi connectivity index (χ4v) is 2.25. The summed E-state index contributed by atoms with van der Waals surface area (Å²) in [5.41, 5.74) is 4.26. The van der Waals surface area contributed by atoms with Gasteiger partial charge < -0.3 is 16.2 Å². The third-order valence-electron chi connectivity index (χ3n) is 3.09. The molecule has 1 atom stereocenters. The SMILES string of the molecule is CC(=O)NC1(C)C=CC=c2ccc(N=NC(N)=O)c(O)c2=C1. The molecule has 2 rings (SSSR count). The number of azo groups is 1. The van der Waals surface area contributed by atoms with Gasteiger partial charge in [0.1, 0.15) is 5.69 Å². The third kappa shape index (κ3) is 3.38. The number of hydrogen-bond donors (Lipinski definition) is 3. The number of allylic oxidation sites excluding steroid dienone is 1. The van der Waals surface area contributed by atoms with Crippen LogP contribution in [0.1, 0.15) is 13.8 Å². The largest absolute Gasteiger partial charge is 0.505 e. The molecular weight excluding hydrogens is 284 g/mol. The second-order valence-corrected chi connectivity index (χ2v) is 5.11. The highest BCUT2D eigenvalue weighted by molar-refractivity contribution is 5.77. The Morgan fingerprint density at radius 1 is 1.36 bits per heavy atom. The molecule has 114 valence electrons. The number of amides is 3. The highest BCUT2D eigenvalue weighted by Crippen LogP contribution is 2.22. The molecule has 1 aliphatic rings. The van der Waals surface area contributed by atoms with Gasteiger partial charge in [0.05, 0.1) is 5.54 Å². The number of phenolic OH excluding ortho intramolecular Hbond substituents is 1. The smallest absolute Gasteiger partial charge is 0.356 e. The van der Waals surface area contributed by atoms with Gasteiger partial charge in [-0.3, -0.25) is 4.79 Å². The molecule has 0 spiro atoms. The number of carbonyl (C=O) groups excluding carboxylic acids is 2. The maximum Gasteiger partial charge on any atom is 0.356 e. The minimum absolute atomic E-state index is 0.120. The highest BCUT2D eigenvalue weighted by Gasteiger charge is 2.20. The Morgan fingerprint density at radius 3 is 2.73 bits per heavy atom. The van der Waals surface area contributed by atoms with Crippen molar-refractivity contribution < 1.29 is 14.7 Å². The number of urea groups is 1. The van der Waals surface area contributed by atoms with Crippen molar-refractivity contribution in [1.82, 2.24) is 5.32 Å². The average molecular weight is 300 g/mol. The molecule has 0 bridgehead atoms. The fourth-order valence-electron chi connectivity index (χ4n) is 2.25. The van der Waals surface area contributed by atoms with Crippen LogP contribution >= 0.6 is 0 Å². The van der Waals surface area contributed by atoms with E-state index in [1.807, 2.05) is 0 Å². The van der Waals surface area contributed by atoms with E-state index in [0.717, 1.165) is 5.22 Å². The number of benzene rings is 1. The van der Waals surface area contributed by atoms with E-state index in [4.69, 9.17) is 5.73 Å². The van der Waals surface area contributed by atoms with Gasteiger partial charge in [0, 0.05) is 12.1 Å². The Bertz CT molecular complexity index is 811. The van der Waals surface area contributed by atoms with E-state index in [2.05, 4.69) is 15.5 Å². The Balaban J connectivity index is 2.63. The number of nitrogens with two attached hydrogens (primary N) is 1. The molecule has 1 unspecified atom stereocenters. The summed E-state index contributed by atoms with van der Waals surface area (Å²) in [5, 5.41) is 21.2. The number of nitrogens with one attached hydrogen (secondary N) is 1. The normalized spacial score (nSPS) is 19.7. The number of rotatable bonds is 2. The Labute approximate surface area is 126 Å². The molecule has 3 amide bonds. The van der Waals surface area contributed by atoms with Crippen LogP contribution in [0.2, 0.25) is 0 Å². The number of primary amides is 1. The monoisotopic (exact) mass is 300 g/mol. The van der Waals surface area contributed by atoms with Crippen LogP contribution in [-0.4, -0.2) is 22.6 Å². The van der Waals surface area contributed by atoms with Crippen molar-refractivity contribution in [2.75, 3.05) is 0 Å².